The van der Waals surface area contributed by atoms with Gasteiger partial charge >= 0.3 is 0 Å². The minimum Gasteiger partial charge on any atom is -0.368 e. The van der Waals surface area contributed by atoms with E-state index in [1.165, 1.54) is 6.07 Å². The van der Waals surface area contributed by atoms with Crippen molar-refractivity contribution in [1.82, 2.24) is 9.97 Å². The number of fused-ring (bicyclic) bond motifs is 1. The smallest absolute Gasteiger partial charge is 0.222 e. The zero-order chi connectivity index (χ0) is 15.0. The first-order valence-corrected chi connectivity index (χ1v) is 6.78. The third kappa shape index (κ3) is 2.64. The van der Waals surface area contributed by atoms with Gasteiger partial charge in [0, 0.05) is 11.5 Å². The van der Waals surface area contributed by atoms with E-state index in [1.54, 1.807) is 12.1 Å². The van der Waals surface area contributed by atoms with Crippen LogP contribution in [0, 0.1) is 11.6 Å². The van der Waals surface area contributed by atoms with Crippen LogP contribution in [0.5, 0.6) is 0 Å². The van der Waals surface area contributed by atoms with Gasteiger partial charge in [-0.1, -0.05) is 12.1 Å². The van der Waals surface area contributed by atoms with Crippen molar-refractivity contribution in [3.63, 3.8) is 0 Å². The van der Waals surface area contributed by atoms with Crippen LogP contribution in [-0.2, 0) is 0 Å². The van der Waals surface area contributed by atoms with Gasteiger partial charge in [0.1, 0.15) is 17.5 Å². The maximum Gasteiger partial charge on any atom is 0.222 e. The maximum absolute atomic E-state index is 13.8. The third-order valence-electron chi connectivity index (χ3n) is 2.88. The van der Waals surface area contributed by atoms with Crippen LogP contribution in [0.4, 0.5) is 26.2 Å². The zero-order valence-electron chi connectivity index (χ0n) is 10.6. The van der Waals surface area contributed by atoms with E-state index in [1.807, 2.05) is 12.1 Å². The van der Waals surface area contributed by atoms with Crippen LogP contribution in [-0.4, -0.2) is 9.97 Å². The third-order valence-corrected chi connectivity index (χ3v) is 3.49. The van der Waals surface area contributed by atoms with Crippen molar-refractivity contribution in [2.75, 3.05) is 11.1 Å². The molecule has 0 unspecified atom stereocenters. The number of rotatable bonds is 2. The predicted octanol–water partition coefficient (Wildman–Crippen LogP) is 4.00. The summed E-state index contributed by atoms with van der Waals surface area (Å²) in [4.78, 5) is 8.17. The molecule has 0 aliphatic carbocycles. The number of hydrogen-bond acceptors (Lipinski definition) is 4. The molecule has 0 saturated carbocycles. The van der Waals surface area contributed by atoms with E-state index >= 15 is 0 Å². The lowest BCUT2D eigenvalue weighted by Gasteiger charge is -2.11. The highest BCUT2D eigenvalue weighted by atomic mass is 79.9. The number of aromatic nitrogens is 2. The standard InChI is InChI=1S/C14H9BrF2N4/c15-8-5-12(10(17)6-9(8)16)19-13-7-3-1-2-4-11(7)20-14(18)21-13/h1-6H,(H3,18,19,20,21). The minimum atomic E-state index is -0.725. The quantitative estimate of drug-likeness (QED) is 0.685. The summed E-state index contributed by atoms with van der Waals surface area (Å²) in [7, 11) is 0. The van der Waals surface area contributed by atoms with Crippen molar-refractivity contribution in [1.29, 1.82) is 0 Å². The number of benzene rings is 2. The molecular weight excluding hydrogens is 342 g/mol. The highest BCUT2D eigenvalue weighted by molar-refractivity contribution is 9.10. The molecule has 106 valence electrons. The fraction of sp³-hybridized carbons (Fsp3) is 0. The molecule has 0 radical (unpaired) electrons. The lowest BCUT2D eigenvalue weighted by molar-refractivity contribution is 0.581. The van der Waals surface area contributed by atoms with Crippen LogP contribution < -0.4 is 11.1 Å². The molecule has 2 aromatic carbocycles. The Bertz CT molecular complexity index is 839. The Hall–Kier alpha value is -2.28. The van der Waals surface area contributed by atoms with E-state index in [9.17, 15) is 8.78 Å². The lowest BCUT2D eigenvalue weighted by atomic mass is 10.2. The fourth-order valence-electron chi connectivity index (χ4n) is 1.94. The number of halogens is 3. The van der Waals surface area contributed by atoms with Gasteiger partial charge in [-0.15, -0.1) is 0 Å². The average Bonchev–Trinajstić information content (AvgIpc) is 2.44. The van der Waals surface area contributed by atoms with Crippen molar-refractivity contribution >= 4 is 44.3 Å². The number of hydrogen-bond donors (Lipinski definition) is 2. The summed E-state index contributed by atoms with van der Waals surface area (Å²) in [6.45, 7) is 0. The van der Waals surface area contributed by atoms with Gasteiger partial charge in [-0.2, -0.15) is 4.98 Å². The lowest BCUT2D eigenvalue weighted by Crippen LogP contribution is -2.03. The molecular formula is C14H9BrF2N4. The first kappa shape index (κ1) is 13.7. The first-order valence-electron chi connectivity index (χ1n) is 5.98. The van der Waals surface area contributed by atoms with Crippen LogP contribution in [0.2, 0.25) is 0 Å². The Labute approximate surface area is 127 Å². The molecule has 0 saturated heterocycles. The monoisotopic (exact) mass is 350 g/mol. The Kier molecular flexibility index (Phi) is 3.42. The van der Waals surface area contributed by atoms with Crippen LogP contribution in [0.1, 0.15) is 0 Å². The van der Waals surface area contributed by atoms with Crippen molar-refractivity contribution in [3.8, 4) is 0 Å². The van der Waals surface area contributed by atoms with Gasteiger partial charge in [-0.3, -0.25) is 0 Å². The summed E-state index contributed by atoms with van der Waals surface area (Å²) in [5, 5.41) is 3.51. The van der Waals surface area contributed by atoms with E-state index < -0.39 is 11.6 Å². The van der Waals surface area contributed by atoms with E-state index in [-0.39, 0.29) is 16.1 Å². The summed E-state index contributed by atoms with van der Waals surface area (Å²) in [5.74, 6) is -0.977. The molecule has 0 spiro atoms. The highest BCUT2D eigenvalue weighted by Crippen LogP contribution is 2.29. The Morgan fingerprint density at radius 2 is 1.81 bits per heavy atom. The summed E-state index contributed by atoms with van der Waals surface area (Å²) >= 11 is 3.02. The first-order chi connectivity index (χ1) is 10.0. The molecule has 3 rings (SSSR count). The molecule has 0 aliphatic heterocycles. The maximum atomic E-state index is 13.8. The second kappa shape index (κ2) is 5.25. The van der Waals surface area contributed by atoms with Gasteiger partial charge in [0.2, 0.25) is 5.95 Å². The van der Waals surface area contributed by atoms with Crippen molar-refractivity contribution in [2.24, 2.45) is 0 Å². The van der Waals surface area contributed by atoms with Crippen LogP contribution in [0.25, 0.3) is 10.9 Å². The van der Waals surface area contributed by atoms with Crippen molar-refractivity contribution < 1.29 is 8.78 Å². The number of nitrogens with zero attached hydrogens (tertiary/aromatic N) is 2. The summed E-state index contributed by atoms with van der Waals surface area (Å²) < 4.78 is 27.2. The summed E-state index contributed by atoms with van der Waals surface area (Å²) in [6.07, 6.45) is 0. The molecule has 1 heterocycles. The van der Waals surface area contributed by atoms with Gasteiger partial charge in [0.05, 0.1) is 15.7 Å². The molecule has 1 aromatic heterocycles. The number of anilines is 3. The second-order valence-electron chi connectivity index (χ2n) is 4.32. The summed E-state index contributed by atoms with van der Waals surface area (Å²) in [6, 6.07) is 9.28. The minimum absolute atomic E-state index is 0.0674. The van der Waals surface area contributed by atoms with E-state index in [4.69, 9.17) is 5.73 Å². The number of nitrogen functional groups attached to an aromatic ring is 1. The number of para-hydroxylation sites is 1. The Morgan fingerprint density at radius 1 is 1.05 bits per heavy atom. The topological polar surface area (TPSA) is 63.8 Å². The number of nitrogens with two attached hydrogens (primary N) is 1. The molecule has 4 nitrogen and oxygen atoms in total. The molecule has 7 heteroatoms. The SMILES string of the molecule is Nc1nc(Nc2cc(Br)c(F)cc2F)c2ccccc2n1. The zero-order valence-corrected chi connectivity index (χ0v) is 12.2. The van der Waals surface area contributed by atoms with E-state index in [2.05, 4.69) is 31.2 Å². The van der Waals surface area contributed by atoms with Gasteiger partial charge in [-0.05, 0) is 34.1 Å². The molecule has 0 aliphatic rings. The summed E-state index contributed by atoms with van der Waals surface area (Å²) in [5.41, 5.74) is 6.37. The van der Waals surface area contributed by atoms with Crippen LogP contribution in [0.15, 0.2) is 40.9 Å². The van der Waals surface area contributed by atoms with Gasteiger partial charge in [-0.25, -0.2) is 13.8 Å². The molecule has 0 bridgehead atoms. The normalized spacial score (nSPS) is 10.8. The fourth-order valence-corrected chi connectivity index (χ4v) is 2.28. The van der Waals surface area contributed by atoms with Crippen molar-refractivity contribution in [3.05, 3.63) is 52.5 Å². The molecule has 21 heavy (non-hydrogen) atoms. The molecule has 0 fully saturated rings. The second-order valence-corrected chi connectivity index (χ2v) is 5.17. The average molecular weight is 351 g/mol. The predicted molar refractivity (Wildman–Crippen MR) is 81.3 cm³/mol. The number of nitrogens with one attached hydrogen (secondary N) is 1. The van der Waals surface area contributed by atoms with Gasteiger partial charge in [0.15, 0.2) is 0 Å². The molecule has 3 aromatic rings. The molecule has 0 amide bonds. The largest absolute Gasteiger partial charge is 0.368 e. The van der Waals surface area contributed by atoms with Gasteiger partial charge < -0.3 is 11.1 Å². The van der Waals surface area contributed by atoms with E-state index in [0.29, 0.717) is 16.7 Å². The Balaban J connectivity index is 2.12. The molecule has 0 atom stereocenters. The van der Waals surface area contributed by atoms with Crippen LogP contribution in [0.3, 0.4) is 0 Å². The highest BCUT2D eigenvalue weighted by Gasteiger charge is 2.11. The van der Waals surface area contributed by atoms with E-state index in [0.717, 1.165) is 6.07 Å². The van der Waals surface area contributed by atoms with Crippen molar-refractivity contribution in [2.45, 2.75) is 0 Å². The Morgan fingerprint density at radius 3 is 2.62 bits per heavy atom. The van der Waals surface area contributed by atoms with Gasteiger partial charge in [0.25, 0.3) is 0 Å². The van der Waals surface area contributed by atoms with Crippen LogP contribution >= 0.6 is 15.9 Å². The molecule has 3 N–H and O–H groups in total.